The van der Waals surface area contributed by atoms with E-state index in [0.29, 0.717) is 6.54 Å². The molecule has 0 aliphatic carbocycles. The second-order valence-corrected chi connectivity index (χ2v) is 5.44. The molecule has 21 heavy (non-hydrogen) atoms. The average molecular weight is 291 g/mol. The number of hydrogen-bond donors (Lipinski definition) is 3. The van der Waals surface area contributed by atoms with Gasteiger partial charge >= 0.3 is 6.03 Å². The number of aliphatic hydroxyl groups is 1. The highest BCUT2D eigenvalue weighted by atomic mass is 16.3. The van der Waals surface area contributed by atoms with Crippen LogP contribution < -0.4 is 15.5 Å². The minimum Gasteiger partial charge on any atom is -0.392 e. The van der Waals surface area contributed by atoms with Crippen LogP contribution in [0, 0.1) is 6.92 Å². The molecule has 1 aliphatic heterocycles. The second-order valence-electron chi connectivity index (χ2n) is 5.44. The third-order valence-corrected chi connectivity index (χ3v) is 3.36. The predicted molar refractivity (Wildman–Crippen MR) is 80.2 cm³/mol. The molecule has 0 spiro atoms. The number of carbonyl (C=O) groups is 2. The van der Waals surface area contributed by atoms with Crippen molar-refractivity contribution in [3.63, 3.8) is 0 Å². The van der Waals surface area contributed by atoms with Crippen LogP contribution in [0.15, 0.2) is 24.3 Å². The molecule has 0 radical (unpaired) electrons. The summed E-state index contributed by atoms with van der Waals surface area (Å²) >= 11 is 0. The van der Waals surface area contributed by atoms with E-state index in [0.717, 1.165) is 11.3 Å². The number of amides is 3. The molecular formula is C15H21N3O3. The summed E-state index contributed by atoms with van der Waals surface area (Å²) in [6.07, 6.45) is -0.305. The molecule has 1 saturated heterocycles. The lowest BCUT2D eigenvalue weighted by molar-refractivity contribution is -0.117. The summed E-state index contributed by atoms with van der Waals surface area (Å²) in [5.41, 5.74) is 1.98. The van der Waals surface area contributed by atoms with Gasteiger partial charge in [0.1, 0.15) is 0 Å². The van der Waals surface area contributed by atoms with Crippen molar-refractivity contribution >= 4 is 17.6 Å². The molecule has 0 aromatic heterocycles. The summed E-state index contributed by atoms with van der Waals surface area (Å²) in [5.74, 6) is -0.000297. The van der Waals surface area contributed by atoms with Crippen LogP contribution in [-0.2, 0) is 4.79 Å². The van der Waals surface area contributed by atoms with E-state index >= 15 is 0 Å². The quantitative estimate of drug-likeness (QED) is 0.767. The number of hydrogen-bond acceptors (Lipinski definition) is 3. The molecule has 6 nitrogen and oxygen atoms in total. The number of nitrogens with one attached hydrogen (secondary N) is 2. The van der Waals surface area contributed by atoms with E-state index in [1.165, 1.54) is 0 Å². The van der Waals surface area contributed by atoms with E-state index in [1.807, 2.05) is 31.2 Å². The summed E-state index contributed by atoms with van der Waals surface area (Å²) in [7, 11) is 0. The van der Waals surface area contributed by atoms with Crippen molar-refractivity contribution in [3.8, 4) is 0 Å². The number of carbonyl (C=O) groups excluding carboxylic acids is 2. The molecule has 1 aromatic rings. The van der Waals surface area contributed by atoms with Crippen LogP contribution >= 0.6 is 0 Å². The Bertz CT molecular complexity index is 513. The molecule has 1 aromatic carbocycles. The van der Waals surface area contributed by atoms with Gasteiger partial charge in [-0.15, -0.1) is 0 Å². The molecule has 0 saturated carbocycles. The van der Waals surface area contributed by atoms with Crippen LogP contribution in [0.4, 0.5) is 10.5 Å². The van der Waals surface area contributed by atoms with Gasteiger partial charge in [-0.2, -0.15) is 0 Å². The number of rotatable bonds is 4. The van der Waals surface area contributed by atoms with E-state index in [1.54, 1.807) is 11.8 Å². The van der Waals surface area contributed by atoms with E-state index in [4.69, 9.17) is 5.11 Å². The molecule has 114 valence electrons. The van der Waals surface area contributed by atoms with Crippen molar-refractivity contribution in [1.29, 1.82) is 0 Å². The zero-order chi connectivity index (χ0) is 15.4. The summed E-state index contributed by atoms with van der Waals surface area (Å²) in [4.78, 5) is 25.3. The first-order valence-electron chi connectivity index (χ1n) is 7.05. The van der Waals surface area contributed by atoms with E-state index in [2.05, 4.69) is 10.6 Å². The fraction of sp³-hybridized carbons (Fsp3) is 0.467. The maximum Gasteiger partial charge on any atom is 0.315 e. The Morgan fingerprint density at radius 1 is 1.43 bits per heavy atom. The van der Waals surface area contributed by atoms with E-state index in [-0.39, 0.29) is 30.9 Å². The van der Waals surface area contributed by atoms with Crippen LogP contribution in [0.3, 0.4) is 0 Å². The van der Waals surface area contributed by atoms with E-state index < -0.39 is 6.10 Å². The van der Waals surface area contributed by atoms with E-state index in [9.17, 15) is 9.59 Å². The van der Waals surface area contributed by atoms with Crippen molar-refractivity contribution in [2.75, 3.05) is 18.0 Å². The Morgan fingerprint density at radius 3 is 2.71 bits per heavy atom. The van der Waals surface area contributed by atoms with Crippen molar-refractivity contribution in [2.24, 2.45) is 0 Å². The third kappa shape index (κ3) is 4.19. The largest absolute Gasteiger partial charge is 0.392 e. The molecule has 2 atom stereocenters. The van der Waals surface area contributed by atoms with Gasteiger partial charge in [0, 0.05) is 25.2 Å². The van der Waals surface area contributed by atoms with Crippen LogP contribution in [-0.4, -0.2) is 42.3 Å². The van der Waals surface area contributed by atoms with Gasteiger partial charge < -0.3 is 20.6 Å². The Balaban J connectivity index is 1.90. The first-order chi connectivity index (χ1) is 9.95. The minimum absolute atomic E-state index is 0.000297. The number of urea groups is 1. The van der Waals surface area contributed by atoms with Gasteiger partial charge in [0.15, 0.2) is 0 Å². The summed E-state index contributed by atoms with van der Waals surface area (Å²) in [6, 6.07) is 7.15. The zero-order valence-electron chi connectivity index (χ0n) is 12.3. The van der Waals surface area contributed by atoms with Crippen molar-refractivity contribution in [1.82, 2.24) is 10.6 Å². The standard InChI is InChI=1S/C15H21N3O3/c1-10-3-5-13(6-4-10)18-9-12(7-14(18)20)17-15(21)16-8-11(2)19/h3-6,11-12,19H,7-9H2,1-2H3,(H2,16,17,21). The van der Waals surface area contributed by atoms with Gasteiger partial charge in [-0.05, 0) is 26.0 Å². The number of aliphatic hydroxyl groups excluding tert-OH is 1. The smallest absolute Gasteiger partial charge is 0.315 e. The molecule has 3 N–H and O–H groups in total. The van der Waals surface area contributed by atoms with Crippen LogP contribution in [0.1, 0.15) is 18.9 Å². The Labute approximate surface area is 124 Å². The lowest BCUT2D eigenvalue weighted by atomic mass is 10.2. The molecule has 2 unspecified atom stereocenters. The first kappa shape index (κ1) is 15.3. The molecule has 1 aliphatic rings. The fourth-order valence-corrected chi connectivity index (χ4v) is 2.26. The van der Waals surface area contributed by atoms with Gasteiger partial charge in [0.25, 0.3) is 0 Å². The number of aryl methyl sites for hydroxylation is 1. The highest BCUT2D eigenvalue weighted by Gasteiger charge is 2.31. The lowest BCUT2D eigenvalue weighted by Gasteiger charge is -2.17. The molecule has 6 heteroatoms. The monoisotopic (exact) mass is 291 g/mol. The second kappa shape index (κ2) is 6.58. The van der Waals surface area contributed by atoms with Gasteiger partial charge in [0.05, 0.1) is 12.1 Å². The average Bonchev–Trinajstić information content (AvgIpc) is 2.78. The van der Waals surface area contributed by atoms with Crippen molar-refractivity contribution < 1.29 is 14.7 Å². The fourth-order valence-electron chi connectivity index (χ4n) is 2.26. The molecular weight excluding hydrogens is 270 g/mol. The Kier molecular flexibility index (Phi) is 4.80. The highest BCUT2D eigenvalue weighted by Crippen LogP contribution is 2.21. The maximum atomic E-state index is 12.0. The predicted octanol–water partition coefficient (Wildman–Crippen LogP) is 0.780. The summed E-state index contributed by atoms with van der Waals surface area (Å²) in [5, 5.41) is 14.4. The molecule has 1 fully saturated rings. The lowest BCUT2D eigenvalue weighted by Crippen LogP contribution is -2.45. The molecule has 2 rings (SSSR count). The molecule has 1 heterocycles. The first-order valence-corrected chi connectivity index (χ1v) is 7.05. The number of nitrogens with zero attached hydrogens (tertiary/aromatic N) is 1. The number of anilines is 1. The number of benzene rings is 1. The van der Waals surface area contributed by atoms with Gasteiger partial charge in [0.2, 0.25) is 5.91 Å². The topological polar surface area (TPSA) is 81.7 Å². The normalized spacial score (nSPS) is 19.5. The van der Waals surface area contributed by atoms with Crippen molar-refractivity contribution in [3.05, 3.63) is 29.8 Å². The Hall–Kier alpha value is -2.08. The Morgan fingerprint density at radius 2 is 2.10 bits per heavy atom. The molecule has 3 amide bonds. The van der Waals surface area contributed by atoms with Gasteiger partial charge in [-0.3, -0.25) is 4.79 Å². The SMILES string of the molecule is Cc1ccc(N2CC(NC(=O)NCC(C)O)CC2=O)cc1. The van der Waals surface area contributed by atoms with Gasteiger partial charge in [-0.1, -0.05) is 17.7 Å². The minimum atomic E-state index is -0.593. The third-order valence-electron chi connectivity index (χ3n) is 3.36. The molecule has 0 bridgehead atoms. The van der Waals surface area contributed by atoms with Crippen LogP contribution in [0.5, 0.6) is 0 Å². The zero-order valence-corrected chi connectivity index (χ0v) is 12.3. The van der Waals surface area contributed by atoms with Crippen molar-refractivity contribution in [2.45, 2.75) is 32.4 Å². The summed E-state index contributed by atoms with van der Waals surface area (Å²) < 4.78 is 0. The maximum absolute atomic E-state index is 12.0. The van der Waals surface area contributed by atoms with Crippen LogP contribution in [0.2, 0.25) is 0 Å². The summed E-state index contributed by atoms with van der Waals surface area (Å²) in [6.45, 7) is 4.24. The van der Waals surface area contributed by atoms with Crippen LogP contribution in [0.25, 0.3) is 0 Å². The highest BCUT2D eigenvalue weighted by molar-refractivity contribution is 5.96. The van der Waals surface area contributed by atoms with Gasteiger partial charge in [-0.25, -0.2) is 4.79 Å².